The van der Waals surface area contributed by atoms with Crippen LogP contribution < -0.4 is 10.2 Å². The third-order valence-corrected chi connectivity index (χ3v) is 3.89. The highest BCUT2D eigenvalue weighted by molar-refractivity contribution is 5.93. The van der Waals surface area contributed by atoms with E-state index in [0.717, 1.165) is 6.29 Å². The standard InChI is InChI=1S/C15H20N6O5/c1-19(7-8-20(2)13(23)10-16-6-3-9-22)11-4-5-12(21(24)25)15-14(11)17-26-18-15/h4-5,9,16H,3,6-8,10H2,1-2H3. The highest BCUT2D eigenvalue weighted by atomic mass is 16.6. The van der Waals surface area contributed by atoms with Crippen LogP contribution in [0.25, 0.3) is 11.0 Å². The van der Waals surface area contributed by atoms with Gasteiger partial charge in [-0.25, -0.2) is 4.63 Å². The number of hydrogen-bond donors (Lipinski definition) is 1. The number of aldehydes is 1. The summed E-state index contributed by atoms with van der Waals surface area (Å²) in [6, 6.07) is 2.93. The van der Waals surface area contributed by atoms with Crippen molar-refractivity contribution >= 4 is 34.6 Å². The average molecular weight is 364 g/mol. The summed E-state index contributed by atoms with van der Waals surface area (Å²) in [5, 5.41) is 21.3. The van der Waals surface area contributed by atoms with Crippen LogP contribution in [0, 0.1) is 10.1 Å². The summed E-state index contributed by atoms with van der Waals surface area (Å²) in [5.41, 5.74) is 0.832. The molecule has 0 spiro atoms. The van der Waals surface area contributed by atoms with E-state index in [2.05, 4.69) is 20.3 Å². The van der Waals surface area contributed by atoms with Crippen LogP contribution in [0.1, 0.15) is 6.42 Å². The first kappa shape index (κ1) is 19.2. The number of nitrogens with one attached hydrogen (secondary N) is 1. The van der Waals surface area contributed by atoms with Crippen LogP contribution in [0.2, 0.25) is 0 Å². The zero-order valence-corrected chi connectivity index (χ0v) is 14.5. The predicted molar refractivity (Wildman–Crippen MR) is 92.9 cm³/mol. The number of rotatable bonds is 10. The van der Waals surface area contributed by atoms with E-state index in [4.69, 9.17) is 0 Å². The van der Waals surface area contributed by atoms with Gasteiger partial charge >= 0.3 is 5.69 Å². The van der Waals surface area contributed by atoms with Crippen LogP contribution >= 0.6 is 0 Å². The monoisotopic (exact) mass is 364 g/mol. The van der Waals surface area contributed by atoms with E-state index in [1.807, 2.05) is 4.90 Å². The molecule has 1 aromatic carbocycles. The first-order valence-corrected chi connectivity index (χ1v) is 7.94. The Balaban J connectivity index is 1.97. The summed E-state index contributed by atoms with van der Waals surface area (Å²) in [6.07, 6.45) is 1.15. The minimum atomic E-state index is -0.541. The van der Waals surface area contributed by atoms with Crippen molar-refractivity contribution < 1.29 is 19.1 Å². The molecule has 1 heterocycles. The molecule has 140 valence electrons. The number of nitro benzene ring substituents is 1. The molecule has 0 aliphatic carbocycles. The Labute approximate surface area is 149 Å². The fraction of sp³-hybridized carbons (Fsp3) is 0.467. The van der Waals surface area contributed by atoms with Crippen LogP contribution in [-0.4, -0.2) is 72.6 Å². The number of fused-ring (bicyclic) bond motifs is 1. The fourth-order valence-corrected chi connectivity index (χ4v) is 2.33. The molecule has 0 atom stereocenters. The molecule has 11 nitrogen and oxygen atoms in total. The Morgan fingerprint density at radius 1 is 1.31 bits per heavy atom. The van der Waals surface area contributed by atoms with Gasteiger partial charge in [0.2, 0.25) is 11.4 Å². The van der Waals surface area contributed by atoms with Crippen LogP contribution in [0.4, 0.5) is 11.4 Å². The van der Waals surface area contributed by atoms with Crippen molar-refractivity contribution in [2.45, 2.75) is 6.42 Å². The zero-order chi connectivity index (χ0) is 19.1. The van der Waals surface area contributed by atoms with Gasteiger partial charge in [-0.3, -0.25) is 14.9 Å². The second-order valence-corrected chi connectivity index (χ2v) is 5.69. The van der Waals surface area contributed by atoms with Crippen molar-refractivity contribution in [3.05, 3.63) is 22.2 Å². The minimum Gasteiger partial charge on any atom is -0.371 e. The van der Waals surface area contributed by atoms with Crippen LogP contribution in [0.15, 0.2) is 16.8 Å². The maximum Gasteiger partial charge on any atom is 0.300 e. The SMILES string of the molecule is CN(CCN(C)c1ccc([N+](=O)[O-])c2nonc12)C(=O)CNCCC=O. The average Bonchev–Trinajstić information content (AvgIpc) is 3.11. The van der Waals surface area contributed by atoms with Gasteiger partial charge in [0.15, 0.2) is 5.52 Å². The molecule has 1 amide bonds. The van der Waals surface area contributed by atoms with E-state index in [1.54, 1.807) is 25.1 Å². The van der Waals surface area contributed by atoms with Crippen molar-refractivity contribution in [2.24, 2.45) is 0 Å². The lowest BCUT2D eigenvalue weighted by atomic mass is 10.2. The molecule has 0 aliphatic rings. The van der Waals surface area contributed by atoms with Crippen molar-refractivity contribution in [2.75, 3.05) is 45.2 Å². The van der Waals surface area contributed by atoms with E-state index >= 15 is 0 Å². The highest BCUT2D eigenvalue weighted by Crippen LogP contribution is 2.30. The lowest BCUT2D eigenvalue weighted by molar-refractivity contribution is -0.383. The first-order chi connectivity index (χ1) is 12.5. The molecule has 0 saturated carbocycles. The van der Waals surface area contributed by atoms with Crippen molar-refractivity contribution in [3.63, 3.8) is 0 Å². The van der Waals surface area contributed by atoms with Gasteiger partial charge < -0.3 is 19.9 Å². The van der Waals surface area contributed by atoms with Crippen LogP contribution in [-0.2, 0) is 9.59 Å². The summed E-state index contributed by atoms with van der Waals surface area (Å²) in [6.45, 7) is 1.54. The maximum atomic E-state index is 12.0. The number of aromatic nitrogens is 2. The number of carbonyl (C=O) groups excluding carboxylic acids is 2. The smallest absolute Gasteiger partial charge is 0.300 e. The Kier molecular flexibility index (Phi) is 6.55. The summed E-state index contributed by atoms with van der Waals surface area (Å²) in [4.78, 5) is 36.1. The molecular formula is C15H20N6O5. The van der Waals surface area contributed by atoms with E-state index in [9.17, 15) is 19.7 Å². The van der Waals surface area contributed by atoms with Crippen LogP contribution in [0.5, 0.6) is 0 Å². The number of benzene rings is 1. The van der Waals surface area contributed by atoms with Gasteiger partial charge in [-0.05, 0) is 16.4 Å². The first-order valence-electron chi connectivity index (χ1n) is 7.94. The topological polar surface area (TPSA) is 135 Å². The Hall–Kier alpha value is -3.08. The molecule has 1 aromatic heterocycles. The number of non-ortho nitro benzene ring substituents is 1. The maximum absolute atomic E-state index is 12.0. The third-order valence-electron chi connectivity index (χ3n) is 3.89. The van der Waals surface area contributed by atoms with E-state index in [1.165, 1.54) is 6.07 Å². The number of anilines is 1. The second kappa shape index (κ2) is 8.85. The van der Waals surface area contributed by atoms with Crippen LogP contribution in [0.3, 0.4) is 0 Å². The molecule has 0 bridgehead atoms. The number of carbonyl (C=O) groups is 2. The normalized spacial score (nSPS) is 10.7. The summed E-state index contributed by atoms with van der Waals surface area (Å²) in [7, 11) is 3.47. The van der Waals surface area contributed by atoms with Gasteiger partial charge in [0.25, 0.3) is 0 Å². The summed E-state index contributed by atoms with van der Waals surface area (Å²) < 4.78 is 4.65. The summed E-state index contributed by atoms with van der Waals surface area (Å²) >= 11 is 0. The number of nitrogens with zero attached hydrogens (tertiary/aromatic N) is 5. The molecule has 1 N–H and O–H groups in total. The van der Waals surface area contributed by atoms with E-state index < -0.39 is 4.92 Å². The molecule has 11 heteroatoms. The van der Waals surface area contributed by atoms with Gasteiger partial charge in [0.1, 0.15) is 6.29 Å². The van der Waals surface area contributed by atoms with Gasteiger partial charge in [-0.1, -0.05) is 0 Å². The van der Waals surface area contributed by atoms with Crippen molar-refractivity contribution in [1.82, 2.24) is 20.5 Å². The molecular weight excluding hydrogens is 344 g/mol. The minimum absolute atomic E-state index is 0.0863. The molecule has 0 unspecified atom stereocenters. The van der Waals surface area contributed by atoms with Gasteiger partial charge in [-0.2, -0.15) is 0 Å². The molecule has 2 aromatic rings. The number of hydrogen-bond acceptors (Lipinski definition) is 9. The molecule has 0 fully saturated rings. The fourth-order valence-electron chi connectivity index (χ4n) is 2.33. The van der Waals surface area contributed by atoms with Gasteiger partial charge in [0.05, 0.1) is 17.2 Å². The van der Waals surface area contributed by atoms with E-state index in [-0.39, 0.29) is 23.7 Å². The third kappa shape index (κ3) is 4.51. The number of likely N-dealkylation sites (N-methyl/N-ethyl adjacent to an activating group) is 2. The molecule has 0 saturated heterocycles. The Morgan fingerprint density at radius 2 is 2.04 bits per heavy atom. The van der Waals surface area contributed by atoms with Gasteiger partial charge in [-0.15, -0.1) is 0 Å². The summed E-state index contributed by atoms with van der Waals surface area (Å²) in [5.74, 6) is -0.0961. The van der Waals surface area contributed by atoms with Gasteiger partial charge in [0, 0.05) is 46.2 Å². The highest BCUT2D eigenvalue weighted by Gasteiger charge is 2.21. The molecule has 26 heavy (non-hydrogen) atoms. The molecule has 0 radical (unpaired) electrons. The lowest BCUT2D eigenvalue weighted by Crippen LogP contribution is -2.39. The Bertz CT molecular complexity index is 792. The lowest BCUT2D eigenvalue weighted by Gasteiger charge is -2.23. The molecule has 2 rings (SSSR count). The second-order valence-electron chi connectivity index (χ2n) is 5.69. The molecule has 0 aliphatic heterocycles. The number of amides is 1. The zero-order valence-electron chi connectivity index (χ0n) is 14.5. The van der Waals surface area contributed by atoms with Crippen molar-refractivity contribution in [3.8, 4) is 0 Å². The Morgan fingerprint density at radius 3 is 2.73 bits per heavy atom. The number of nitro groups is 1. The quantitative estimate of drug-likeness (QED) is 0.271. The van der Waals surface area contributed by atoms with E-state index in [0.29, 0.717) is 37.3 Å². The largest absolute Gasteiger partial charge is 0.371 e. The predicted octanol–water partition coefficient (Wildman–Crippen LogP) is 0.204. The van der Waals surface area contributed by atoms with Crippen molar-refractivity contribution in [1.29, 1.82) is 0 Å².